The van der Waals surface area contributed by atoms with Crippen LogP contribution in [0.25, 0.3) is 0 Å². The van der Waals surface area contributed by atoms with Gasteiger partial charge in [0, 0.05) is 36.9 Å². The van der Waals surface area contributed by atoms with Crippen LogP contribution in [0.5, 0.6) is 0 Å². The van der Waals surface area contributed by atoms with E-state index in [0.717, 1.165) is 51.4 Å². The van der Waals surface area contributed by atoms with Crippen LogP contribution < -0.4 is 0 Å². The number of aliphatic hydroxyl groups is 2. The number of likely N-dealkylation sites (tertiary alicyclic amines) is 1. The molecule has 5 aliphatic rings. The van der Waals surface area contributed by atoms with Gasteiger partial charge in [0.2, 0.25) is 0 Å². The van der Waals surface area contributed by atoms with Crippen molar-refractivity contribution in [1.82, 2.24) is 4.90 Å². The van der Waals surface area contributed by atoms with Crippen molar-refractivity contribution in [2.24, 2.45) is 57.7 Å². The van der Waals surface area contributed by atoms with Gasteiger partial charge in [0.05, 0.1) is 6.10 Å². The highest BCUT2D eigenvalue weighted by Crippen LogP contribution is 2.67. The van der Waals surface area contributed by atoms with Gasteiger partial charge < -0.3 is 20.2 Å². The minimum Gasteiger partial charge on any atom is -0.465 e. The first-order chi connectivity index (χ1) is 17.8. The zero-order chi connectivity index (χ0) is 27.6. The van der Waals surface area contributed by atoms with Crippen LogP contribution in [-0.4, -0.2) is 57.4 Å². The molecule has 7 unspecified atom stereocenters. The van der Waals surface area contributed by atoms with Gasteiger partial charge in [0.15, 0.2) is 0 Å². The first kappa shape index (κ1) is 28.4. The SMILES string of the molecule is CC(C)(C)C1CC(CCC2CC[C@]3(C)C4CC[C@]5(C)C(=O)CCC5C4[C@H](O)[C@H](CO)C3C2)CCN1C(=O)O. The number of hydrogen-bond acceptors (Lipinski definition) is 4. The molecule has 1 aliphatic heterocycles. The maximum atomic E-state index is 12.8. The minimum atomic E-state index is -0.788. The fraction of sp³-hybridized carbons (Fsp3) is 0.938. The highest BCUT2D eigenvalue weighted by atomic mass is 16.4. The predicted molar refractivity (Wildman–Crippen MR) is 148 cm³/mol. The summed E-state index contributed by atoms with van der Waals surface area (Å²) in [6.07, 6.45) is 9.93. The predicted octanol–water partition coefficient (Wildman–Crippen LogP) is 5.99. The van der Waals surface area contributed by atoms with Gasteiger partial charge in [-0.05, 0) is 97.7 Å². The Kier molecular flexibility index (Phi) is 7.51. The van der Waals surface area contributed by atoms with E-state index >= 15 is 0 Å². The number of fused-ring (bicyclic) bond motifs is 5. The lowest BCUT2D eigenvalue weighted by Crippen LogP contribution is -2.62. The number of hydrogen-bond donors (Lipinski definition) is 3. The van der Waals surface area contributed by atoms with Crippen LogP contribution in [0.4, 0.5) is 4.79 Å². The Bertz CT molecular complexity index is 914. The van der Waals surface area contributed by atoms with Crippen LogP contribution in [0.15, 0.2) is 0 Å². The normalized spacial score (nSPS) is 47.3. The Morgan fingerprint density at radius 2 is 1.66 bits per heavy atom. The molecule has 11 atom stereocenters. The fourth-order valence-electron chi connectivity index (χ4n) is 10.6. The maximum absolute atomic E-state index is 12.8. The van der Waals surface area contributed by atoms with Gasteiger partial charge in [-0.15, -0.1) is 0 Å². The van der Waals surface area contributed by atoms with Gasteiger partial charge in [-0.2, -0.15) is 0 Å². The summed E-state index contributed by atoms with van der Waals surface area (Å²) >= 11 is 0. The van der Waals surface area contributed by atoms with E-state index < -0.39 is 12.2 Å². The van der Waals surface area contributed by atoms with Gasteiger partial charge in [-0.3, -0.25) is 4.79 Å². The van der Waals surface area contributed by atoms with Crippen LogP contribution in [0, 0.1) is 57.7 Å². The smallest absolute Gasteiger partial charge is 0.407 e. The van der Waals surface area contributed by atoms with Crippen molar-refractivity contribution < 1.29 is 24.9 Å². The average Bonchev–Trinajstić information content (AvgIpc) is 3.17. The number of aliphatic hydroxyl groups excluding tert-OH is 2. The summed E-state index contributed by atoms with van der Waals surface area (Å²) in [5.41, 5.74) is -0.207. The molecule has 6 heteroatoms. The standard InChI is InChI=1S/C32H53NO5/c1-30(2,3)25-17-20(12-15-33(25)29(37)38)7-6-19-10-13-31(4)23-11-14-32(5)22(8-9-26(32)35)27(23)28(36)21(18-34)24(31)16-19/h19-25,27-28,34,36H,6-18H2,1-5H3,(H,37,38)/t19?,20?,21-,22?,23?,24?,25?,27?,28-,31-,32+/m1/s1. The number of rotatable bonds is 4. The third kappa shape index (κ3) is 4.54. The number of amides is 1. The second kappa shape index (κ2) is 10.0. The monoisotopic (exact) mass is 531 g/mol. The lowest BCUT2D eigenvalue weighted by atomic mass is 9.41. The van der Waals surface area contributed by atoms with Gasteiger partial charge in [0.1, 0.15) is 5.78 Å². The molecule has 3 N–H and O–H groups in total. The molecule has 4 saturated carbocycles. The molecule has 0 radical (unpaired) electrons. The highest BCUT2D eigenvalue weighted by molar-refractivity contribution is 5.87. The van der Waals surface area contributed by atoms with Gasteiger partial charge >= 0.3 is 6.09 Å². The molecule has 0 spiro atoms. The Hall–Kier alpha value is -1.14. The molecule has 6 nitrogen and oxygen atoms in total. The summed E-state index contributed by atoms with van der Waals surface area (Å²) in [6.45, 7) is 11.8. The van der Waals surface area contributed by atoms with Crippen molar-refractivity contribution in [2.45, 2.75) is 117 Å². The van der Waals surface area contributed by atoms with Gasteiger partial charge in [0.25, 0.3) is 0 Å². The molecule has 216 valence electrons. The number of ketones is 1. The van der Waals surface area contributed by atoms with Crippen molar-refractivity contribution in [3.8, 4) is 0 Å². The van der Waals surface area contributed by atoms with Crippen molar-refractivity contribution in [1.29, 1.82) is 0 Å². The number of carbonyl (C=O) groups excluding carboxylic acids is 1. The van der Waals surface area contributed by atoms with E-state index in [9.17, 15) is 24.9 Å². The number of carboxylic acid groups (broad SMARTS) is 1. The number of carbonyl (C=O) groups is 2. The van der Waals surface area contributed by atoms with Crippen molar-refractivity contribution in [3.63, 3.8) is 0 Å². The second-order valence-electron chi connectivity index (χ2n) is 15.6. The fourth-order valence-corrected chi connectivity index (χ4v) is 10.6. The Morgan fingerprint density at radius 1 is 0.974 bits per heavy atom. The van der Waals surface area contributed by atoms with Crippen molar-refractivity contribution in [2.75, 3.05) is 13.2 Å². The first-order valence-corrected chi connectivity index (χ1v) is 15.6. The molecule has 4 aliphatic carbocycles. The zero-order valence-electron chi connectivity index (χ0n) is 24.5. The molecule has 5 fully saturated rings. The molecule has 0 bridgehead atoms. The third-order valence-corrected chi connectivity index (χ3v) is 12.9. The van der Waals surface area contributed by atoms with E-state index in [-0.39, 0.29) is 46.6 Å². The topological polar surface area (TPSA) is 98.1 Å². The van der Waals surface area contributed by atoms with E-state index in [0.29, 0.717) is 42.4 Å². The molecule has 0 aromatic carbocycles. The molecular formula is C32H53NO5. The highest BCUT2D eigenvalue weighted by Gasteiger charge is 2.64. The molecular weight excluding hydrogens is 478 g/mol. The lowest BCUT2D eigenvalue weighted by Gasteiger charge is -2.64. The summed E-state index contributed by atoms with van der Waals surface area (Å²) in [6, 6.07) is 0.0667. The summed E-state index contributed by atoms with van der Waals surface area (Å²) in [4.78, 5) is 26.3. The Balaban J connectivity index is 1.26. The Labute approximate surface area is 229 Å². The molecule has 1 amide bonds. The summed E-state index contributed by atoms with van der Waals surface area (Å²) in [5, 5.41) is 32.0. The summed E-state index contributed by atoms with van der Waals surface area (Å²) in [7, 11) is 0. The Morgan fingerprint density at radius 3 is 2.29 bits per heavy atom. The number of piperidine rings is 1. The first-order valence-electron chi connectivity index (χ1n) is 15.6. The van der Waals surface area contributed by atoms with Crippen LogP contribution >= 0.6 is 0 Å². The molecule has 0 aromatic rings. The van der Waals surface area contributed by atoms with Gasteiger partial charge in [-0.25, -0.2) is 4.79 Å². The zero-order valence-corrected chi connectivity index (χ0v) is 24.5. The van der Waals surface area contributed by atoms with E-state index in [2.05, 4.69) is 34.6 Å². The second-order valence-corrected chi connectivity index (χ2v) is 15.6. The quantitative estimate of drug-likeness (QED) is 0.414. The maximum Gasteiger partial charge on any atom is 0.407 e. The van der Waals surface area contributed by atoms with Gasteiger partial charge in [-0.1, -0.05) is 47.5 Å². The third-order valence-electron chi connectivity index (χ3n) is 12.9. The number of nitrogens with zero attached hydrogens (tertiary/aromatic N) is 1. The van der Waals surface area contributed by atoms with E-state index in [1.807, 2.05) is 0 Å². The molecule has 0 aromatic heterocycles. The van der Waals surface area contributed by atoms with Crippen LogP contribution in [-0.2, 0) is 4.79 Å². The van der Waals surface area contributed by atoms with E-state index in [4.69, 9.17) is 0 Å². The largest absolute Gasteiger partial charge is 0.465 e. The van der Waals surface area contributed by atoms with Crippen molar-refractivity contribution >= 4 is 11.9 Å². The molecule has 1 heterocycles. The number of Topliss-reactive ketones (excluding diaryl/α,β-unsaturated/α-hetero) is 1. The van der Waals surface area contributed by atoms with Crippen LogP contribution in [0.1, 0.15) is 105 Å². The van der Waals surface area contributed by atoms with Crippen LogP contribution in [0.3, 0.4) is 0 Å². The van der Waals surface area contributed by atoms with Crippen molar-refractivity contribution in [3.05, 3.63) is 0 Å². The molecule has 38 heavy (non-hydrogen) atoms. The van der Waals surface area contributed by atoms with E-state index in [1.165, 1.54) is 12.8 Å². The lowest BCUT2D eigenvalue weighted by molar-refractivity contribution is -0.201. The van der Waals surface area contributed by atoms with Crippen LogP contribution in [0.2, 0.25) is 0 Å². The minimum absolute atomic E-state index is 0.0374. The average molecular weight is 532 g/mol. The molecule has 5 rings (SSSR count). The van der Waals surface area contributed by atoms with E-state index in [1.54, 1.807) is 4.90 Å². The molecule has 1 saturated heterocycles. The summed E-state index contributed by atoms with van der Waals surface area (Å²) < 4.78 is 0. The summed E-state index contributed by atoms with van der Waals surface area (Å²) in [5.74, 6) is 2.67.